The van der Waals surface area contributed by atoms with E-state index in [-0.39, 0.29) is 5.56 Å². The Morgan fingerprint density at radius 1 is 0.800 bits per heavy atom. The van der Waals surface area contributed by atoms with E-state index < -0.39 is 34.6 Å². The lowest BCUT2D eigenvalue weighted by molar-refractivity contribution is 0.334. The van der Waals surface area contributed by atoms with Gasteiger partial charge in [-0.05, 0) is 29.7 Å². The van der Waals surface area contributed by atoms with Crippen molar-refractivity contribution in [3.05, 3.63) is 71.9 Å². The first-order valence-electron chi connectivity index (χ1n) is 7.43. The number of ether oxygens (including phenoxy) is 1. The highest BCUT2D eigenvalue weighted by molar-refractivity contribution is 5.93. The van der Waals surface area contributed by atoms with Gasteiger partial charge in [0.25, 0.3) is 0 Å². The molecule has 0 saturated heterocycles. The first-order valence-corrected chi connectivity index (χ1v) is 7.43. The second kappa shape index (κ2) is 5.51. The summed E-state index contributed by atoms with van der Waals surface area (Å²) in [5, 5.41) is 0.677. The van der Waals surface area contributed by atoms with Gasteiger partial charge in [0.2, 0.25) is 11.6 Å². The van der Waals surface area contributed by atoms with Crippen LogP contribution in [0.15, 0.2) is 48.7 Å². The Hall–Kier alpha value is -3.02. The third-order valence-corrected chi connectivity index (χ3v) is 4.22. The van der Waals surface area contributed by atoms with Crippen molar-refractivity contribution < 1.29 is 22.3 Å². The highest BCUT2D eigenvalue weighted by Gasteiger charge is 2.28. The summed E-state index contributed by atoms with van der Waals surface area (Å²) in [4.78, 5) is 0. The van der Waals surface area contributed by atoms with Crippen LogP contribution < -0.4 is 4.74 Å². The SMILES string of the molecule is COc1c(F)c(F)c(-c2cc3ccccc3n3cccc23)c(F)c1F. The van der Waals surface area contributed by atoms with Crippen molar-refractivity contribution in [1.82, 2.24) is 4.40 Å². The van der Waals surface area contributed by atoms with E-state index in [9.17, 15) is 17.6 Å². The van der Waals surface area contributed by atoms with Crippen LogP contribution in [0.2, 0.25) is 0 Å². The molecule has 0 fully saturated rings. The van der Waals surface area contributed by atoms with Crippen LogP contribution >= 0.6 is 0 Å². The molecule has 0 bridgehead atoms. The maximum Gasteiger partial charge on any atom is 0.204 e. The first-order chi connectivity index (χ1) is 12.0. The summed E-state index contributed by atoms with van der Waals surface area (Å²) in [6, 6.07) is 12.0. The number of para-hydroxylation sites is 1. The maximum absolute atomic E-state index is 14.5. The molecule has 0 aliphatic carbocycles. The lowest BCUT2D eigenvalue weighted by atomic mass is 10.0. The zero-order valence-electron chi connectivity index (χ0n) is 13.0. The lowest BCUT2D eigenvalue weighted by Crippen LogP contribution is -2.04. The van der Waals surface area contributed by atoms with Gasteiger partial charge < -0.3 is 9.14 Å². The molecular weight excluding hydrogens is 334 g/mol. The van der Waals surface area contributed by atoms with Crippen molar-refractivity contribution in [2.75, 3.05) is 7.11 Å². The molecule has 0 saturated carbocycles. The van der Waals surface area contributed by atoms with Crippen LogP contribution in [0.4, 0.5) is 17.6 Å². The molecule has 2 aromatic heterocycles. The molecule has 4 rings (SSSR count). The van der Waals surface area contributed by atoms with Gasteiger partial charge in [0, 0.05) is 11.8 Å². The topological polar surface area (TPSA) is 13.6 Å². The van der Waals surface area contributed by atoms with E-state index in [2.05, 4.69) is 4.74 Å². The molecule has 4 aromatic rings. The number of pyridine rings is 1. The zero-order valence-corrected chi connectivity index (χ0v) is 13.0. The Kier molecular flexibility index (Phi) is 3.42. The molecule has 126 valence electrons. The van der Waals surface area contributed by atoms with Gasteiger partial charge in [-0.2, -0.15) is 8.78 Å². The summed E-state index contributed by atoms with van der Waals surface area (Å²) in [5.74, 6) is -7.18. The Bertz CT molecular complexity index is 1100. The fraction of sp³-hybridized carbons (Fsp3) is 0.0526. The number of methoxy groups -OCH3 is 1. The minimum atomic E-state index is -1.56. The Balaban J connectivity index is 2.17. The summed E-state index contributed by atoms with van der Waals surface area (Å²) in [6.45, 7) is 0. The van der Waals surface area contributed by atoms with Gasteiger partial charge >= 0.3 is 0 Å². The van der Waals surface area contributed by atoms with Gasteiger partial charge in [0.1, 0.15) is 0 Å². The monoisotopic (exact) mass is 345 g/mol. The second-order valence-corrected chi connectivity index (χ2v) is 5.54. The molecule has 0 radical (unpaired) electrons. The first kappa shape index (κ1) is 15.5. The van der Waals surface area contributed by atoms with Crippen LogP contribution in [0.25, 0.3) is 27.5 Å². The third-order valence-electron chi connectivity index (χ3n) is 4.22. The van der Waals surface area contributed by atoms with Gasteiger partial charge in [-0.15, -0.1) is 0 Å². The number of nitrogens with zero attached hydrogens (tertiary/aromatic N) is 1. The van der Waals surface area contributed by atoms with Crippen LogP contribution in [0.3, 0.4) is 0 Å². The van der Waals surface area contributed by atoms with Gasteiger partial charge in [-0.25, -0.2) is 8.78 Å². The van der Waals surface area contributed by atoms with Gasteiger partial charge in [0.05, 0.1) is 23.7 Å². The fourth-order valence-corrected chi connectivity index (χ4v) is 3.10. The van der Waals surface area contributed by atoms with Crippen molar-refractivity contribution in [3.63, 3.8) is 0 Å². The van der Waals surface area contributed by atoms with Crippen LogP contribution in [0.5, 0.6) is 5.75 Å². The number of hydrogen-bond donors (Lipinski definition) is 0. The van der Waals surface area contributed by atoms with E-state index in [0.717, 1.165) is 12.6 Å². The average Bonchev–Trinajstić information content (AvgIpc) is 3.11. The highest BCUT2D eigenvalue weighted by atomic mass is 19.2. The van der Waals surface area contributed by atoms with Crippen LogP contribution in [-0.4, -0.2) is 11.5 Å². The minimum absolute atomic E-state index is 0.0548. The zero-order chi connectivity index (χ0) is 17.7. The average molecular weight is 345 g/mol. The van der Waals surface area contributed by atoms with Gasteiger partial charge in [-0.3, -0.25) is 0 Å². The molecule has 6 heteroatoms. The molecule has 0 atom stereocenters. The summed E-state index contributed by atoms with van der Waals surface area (Å²) >= 11 is 0. The predicted molar refractivity (Wildman–Crippen MR) is 86.7 cm³/mol. The molecule has 0 aliphatic heterocycles. The molecular formula is C19H11F4NO. The second-order valence-electron chi connectivity index (χ2n) is 5.54. The Morgan fingerprint density at radius 3 is 2.12 bits per heavy atom. The van der Waals surface area contributed by atoms with Gasteiger partial charge in [-0.1, -0.05) is 18.2 Å². The number of aromatic nitrogens is 1. The van der Waals surface area contributed by atoms with Crippen LogP contribution in [-0.2, 0) is 0 Å². The Labute approximate surface area is 139 Å². The smallest absolute Gasteiger partial charge is 0.204 e. The molecule has 0 unspecified atom stereocenters. The minimum Gasteiger partial charge on any atom is -0.491 e. The fourth-order valence-electron chi connectivity index (χ4n) is 3.10. The summed E-state index contributed by atoms with van der Waals surface area (Å²) in [6.07, 6.45) is 1.72. The summed E-state index contributed by atoms with van der Waals surface area (Å²) < 4.78 is 63.5. The van der Waals surface area contributed by atoms with Crippen molar-refractivity contribution in [1.29, 1.82) is 0 Å². The van der Waals surface area contributed by atoms with Crippen molar-refractivity contribution in [2.45, 2.75) is 0 Å². The van der Waals surface area contributed by atoms with Gasteiger partial charge in [0.15, 0.2) is 17.4 Å². The van der Waals surface area contributed by atoms with E-state index in [1.54, 1.807) is 34.9 Å². The van der Waals surface area contributed by atoms with Crippen molar-refractivity contribution >= 4 is 16.4 Å². The maximum atomic E-state index is 14.5. The lowest BCUT2D eigenvalue weighted by Gasteiger charge is -2.14. The number of hydrogen-bond acceptors (Lipinski definition) is 1. The standard InChI is InChI=1S/C19H11F4NO/c1-25-19-17(22)15(20)14(16(21)18(19)23)11-9-10-5-2-3-6-12(10)24-8-4-7-13(11)24/h2-9H,1H3. The molecule has 2 nitrogen and oxygen atoms in total. The van der Waals surface area contributed by atoms with E-state index in [1.807, 2.05) is 12.1 Å². The molecule has 25 heavy (non-hydrogen) atoms. The highest BCUT2D eigenvalue weighted by Crippen LogP contribution is 2.38. The van der Waals surface area contributed by atoms with E-state index in [0.29, 0.717) is 10.9 Å². The van der Waals surface area contributed by atoms with E-state index in [4.69, 9.17) is 0 Å². The largest absolute Gasteiger partial charge is 0.491 e. The number of halogens is 4. The van der Waals surface area contributed by atoms with Crippen molar-refractivity contribution in [2.24, 2.45) is 0 Å². The number of benzene rings is 2. The quantitative estimate of drug-likeness (QED) is 0.354. The number of rotatable bonds is 2. The Morgan fingerprint density at radius 2 is 1.44 bits per heavy atom. The molecule has 0 spiro atoms. The summed E-state index contributed by atoms with van der Waals surface area (Å²) in [5.41, 5.74) is 0.534. The predicted octanol–water partition coefficient (Wildman–Crippen LogP) is 5.32. The van der Waals surface area contributed by atoms with Crippen LogP contribution in [0.1, 0.15) is 0 Å². The molecule has 2 heterocycles. The molecule has 0 amide bonds. The summed E-state index contributed by atoms with van der Waals surface area (Å²) in [7, 11) is 0.946. The normalized spacial score (nSPS) is 11.4. The molecule has 0 N–H and O–H groups in total. The van der Waals surface area contributed by atoms with E-state index in [1.165, 1.54) is 6.07 Å². The van der Waals surface area contributed by atoms with E-state index >= 15 is 0 Å². The molecule has 2 aromatic carbocycles. The van der Waals surface area contributed by atoms with Crippen molar-refractivity contribution in [3.8, 4) is 16.9 Å². The molecule has 0 aliphatic rings. The number of fused-ring (bicyclic) bond motifs is 3. The third kappa shape index (κ3) is 2.10. The van der Waals surface area contributed by atoms with Crippen LogP contribution in [0, 0.1) is 23.3 Å².